The molecule has 2 rings (SSSR count). The predicted octanol–water partition coefficient (Wildman–Crippen LogP) is 1.68. The van der Waals surface area contributed by atoms with Gasteiger partial charge in [-0.1, -0.05) is 6.42 Å². The van der Waals surface area contributed by atoms with Gasteiger partial charge in [0.2, 0.25) is 0 Å². The molecule has 1 saturated heterocycles. The molecule has 0 amide bonds. The molecular weight excluding hydrogens is 212 g/mol. The summed E-state index contributed by atoms with van der Waals surface area (Å²) in [6, 6.07) is 3.64. The van der Waals surface area contributed by atoms with Gasteiger partial charge in [-0.2, -0.15) is 5.10 Å². The number of piperidine rings is 1. The first-order chi connectivity index (χ1) is 8.15. The topological polar surface area (TPSA) is 47.1 Å². The van der Waals surface area contributed by atoms with Gasteiger partial charge in [0.1, 0.15) is 0 Å². The lowest BCUT2D eigenvalue weighted by atomic mass is 9.93. The first-order valence-corrected chi connectivity index (χ1v) is 6.60. The average molecular weight is 236 g/mol. The van der Waals surface area contributed by atoms with Crippen LogP contribution in [0.15, 0.2) is 12.3 Å². The Morgan fingerprint density at radius 2 is 2.29 bits per heavy atom. The minimum Gasteiger partial charge on any atom is -0.329 e. The van der Waals surface area contributed by atoms with Crippen molar-refractivity contribution in [2.45, 2.75) is 51.2 Å². The summed E-state index contributed by atoms with van der Waals surface area (Å²) in [5, 5.41) is 4.27. The maximum atomic E-state index is 5.92. The van der Waals surface area contributed by atoms with Crippen molar-refractivity contribution in [2.24, 2.45) is 12.8 Å². The van der Waals surface area contributed by atoms with E-state index in [0.717, 1.165) is 6.54 Å². The maximum Gasteiger partial charge on any atom is 0.0549 e. The third-order valence-electron chi connectivity index (χ3n) is 4.10. The van der Waals surface area contributed by atoms with Crippen LogP contribution in [-0.4, -0.2) is 33.3 Å². The molecule has 0 spiro atoms. The van der Waals surface area contributed by atoms with E-state index in [1.165, 1.54) is 25.0 Å². The molecule has 0 aromatic carbocycles. The molecule has 0 bridgehead atoms. The smallest absolute Gasteiger partial charge is 0.0549 e. The Morgan fingerprint density at radius 3 is 2.88 bits per heavy atom. The first-order valence-electron chi connectivity index (χ1n) is 6.60. The van der Waals surface area contributed by atoms with Crippen LogP contribution in [0.1, 0.15) is 44.8 Å². The maximum absolute atomic E-state index is 5.92. The molecule has 0 saturated carbocycles. The third-order valence-corrected chi connectivity index (χ3v) is 4.10. The molecule has 17 heavy (non-hydrogen) atoms. The van der Waals surface area contributed by atoms with E-state index in [1.807, 2.05) is 17.9 Å². The van der Waals surface area contributed by atoms with Gasteiger partial charge in [0.15, 0.2) is 0 Å². The summed E-state index contributed by atoms with van der Waals surface area (Å²) in [4.78, 5) is 2.57. The Morgan fingerprint density at radius 1 is 1.53 bits per heavy atom. The summed E-state index contributed by atoms with van der Waals surface area (Å²) in [6.45, 7) is 5.34. The number of likely N-dealkylation sites (tertiary alicyclic amines) is 1. The van der Waals surface area contributed by atoms with Gasteiger partial charge in [-0.15, -0.1) is 0 Å². The van der Waals surface area contributed by atoms with Crippen molar-refractivity contribution in [2.75, 3.05) is 6.54 Å². The van der Waals surface area contributed by atoms with Gasteiger partial charge in [-0.25, -0.2) is 0 Å². The predicted molar refractivity (Wildman–Crippen MR) is 69.6 cm³/mol. The average Bonchev–Trinajstić information content (AvgIpc) is 2.74. The largest absolute Gasteiger partial charge is 0.329 e. The highest BCUT2D eigenvalue weighted by Gasteiger charge is 2.32. The Kier molecular flexibility index (Phi) is 3.84. The Bertz CT molecular complexity index is 360. The van der Waals surface area contributed by atoms with E-state index in [9.17, 15) is 0 Å². The normalized spacial score (nSPS) is 28.2. The Labute approximate surface area is 104 Å². The lowest BCUT2D eigenvalue weighted by Gasteiger charge is -2.44. The van der Waals surface area contributed by atoms with Crippen LogP contribution in [0, 0.1) is 0 Å². The van der Waals surface area contributed by atoms with Gasteiger partial charge in [-0.3, -0.25) is 9.58 Å². The third kappa shape index (κ3) is 2.38. The van der Waals surface area contributed by atoms with E-state index in [-0.39, 0.29) is 0 Å². The molecule has 1 aliphatic heterocycles. The standard InChI is InChI=1S/C13H24N4/c1-10-5-4-6-12(9-14)17(10)11(2)13-7-8-15-16(13)3/h7-8,10-12H,4-6,9,14H2,1-3H3. The Balaban J connectivity index is 2.21. The van der Waals surface area contributed by atoms with Gasteiger partial charge >= 0.3 is 0 Å². The molecule has 2 heterocycles. The molecule has 1 fully saturated rings. The first kappa shape index (κ1) is 12.6. The van der Waals surface area contributed by atoms with Crippen LogP contribution in [0.3, 0.4) is 0 Å². The fourth-order valence-corrected chi connectivity index (χ4v) is 3.19. The second-order valence-corrected chi connectivity index (χ2v) is 5.17. The highest BCUT2D eigenvalue weighted by molar-refractivity contribution is 5.07. The molecule has 4 nitrogen and oxygen atoms in total. The second kappa shape index (κ2) is 5.19. The molecule has 1 aromatic heterocycles. The van der Waals surface area contributed by atoms with Crippen LogP contribution in [0.5, 0.6) is 0 Å². The number of hydrogen-bond acceptors (Lipinski definition) is 3. The number of aromatic nitrogens is 2. The fourth-order valence-electron chi connectivity index (χ4n) is 3.19. The van der Waals surface area contributed by atoms with Crippen LogP contribution >= 0.6 is 0 Å². The van der Waals surface area contributed by atoms with Crippen molar-refractivity contribution < 1.29 is 0 Å². The summed E-state index contributed by atoms with van der Waals surface area (Å²) in [5.74, 6) is 0. The van der Waals surface area contributed by atoms with Crippen LogP contribution in [-0.2, 0) is 7.05 Å². The summed E-state index contributed by atoms with van der Waals surface area (Å²) < 4.78 is 1.97. The van der Waals surface area contributed by atoms with E-state index in [1.54, 1.807) is 0 Å². The summed E-state index contributed by atoms with van der Waals surface area (Å²) in [5.41, 5.74) is 7.20. The molecule has 1 aromatic rings. The quantitative estimate of drug-likeness (QED) is 0.868. The lowest BCUT2D eigenvalue weighted by molar-refractivity contribution is 0.0537. The van der Waals surface area contributed by atoms with Crippen molar-refractivity contribution in [1.82, 2.24) is 14.7 Å². The molecular formula is C13H24N4. The molecule has 4 heteroatoms. The van der Waals surface area contributed by atoms with Crippen molar-refractivity contribution in [3.05, 3.63) is 18.0 Å². The van der Waals surface area contributed by atoms with E-state index in [4.69, 9.17) is 5.73 Å². The highest BCUT2D eigenvalue weighted by Crippen LogP contribution is 2.31. The summed E-state index contributed by atoms with van der Waals surface area (Å²) in [6.07, 6.45) is 5.68. The van der Waals surface area contributed by atoms with Crippen LogP contribution < -0.4 is 5.73 Å². The number of aryl methyl sites for hydroxylation is 1. The van der Waals surface area contributed by atoms with Crippen molar-refractivity contribution >= 4 is 0 Å². The number of hydrogen-bond donors (Lipinski definition) is 1. The van der Waals surface area contributed by atoms with Crippen LogP contribution in [0.4, 0.5) is 0 Å². The van der Waals surface area contributed by atoms with Gasteiger partial charge in [0.25, 0.3) is 0 Å². The number of nitrogens with zero attached hydrogens (tertiary/aromatic N) is 3. The van der Waals surface area contributed by atoms with E-state index >= 15 is 0 Å². The minimum absolute atomic E-state index is 0.395. The van der Waals surface area contributed by atoms with Crippen LogP contribution in [0.25, 0.3) is 0 Å². The van der Waals surface area contributed by atoms with Gasteiger partial charge < -0.3 is 5.73 Å². The van der Waals surface area contributed by atoms with E-state index in [0.29, 0.717) is 18.1 Å². The van der Waals surface area contributed by atoms with E-state index in [2.05, 4.69) is 29.9 Å². The molecule has 3 unspecified atom stereocenters. The zero-order chi connectivity index (χ0) is 12.4. The SMILES string of the molecule is CC1CCCC(CN)N1C(C)c1ccnn1C. The van der Waals surface area contributed by atoms with Gasteiger partial charge in [-0.05, 0) is 32.8 Å². The zero-order valence-corrected chi connectivity index (χ0v) is 11.1. The van der Waals surface area contributed by atoms with Crippen molar-refractivity contribution in [1.29, 1.82) is 0 Å². The fraction of sp³-hybridized carbons (Fsp3) is 0.769. The molecule has 0 radical (unpaired) electrons. The highest BCUT2D eigenvalue weighted by atomic mass is 15.3. The minimum atomic E-state index is 0.395. The summed E-state index contributed by atoms with van der Waals surface area (Å²) in [7, 11) is 2.01. The Hall–Kier alpha value is -0.870. The molecule has 1 aliphatic rings. The van der Waals surface area contributed by atoms with Gasteiger partial charge in [0.05, 0.1) is 5.69 Å². The van der Waals surface area contributed by atoms with Crippen molar-refractivity contribution in [3.8, 4) is 0 Å². The molecule has 0 aliphatic carbocycles. The van der Waals surface area contributed by atoms with Gasteiger partial charge in [0, 0.05) is 37.9 Å². The number of rotatable bonds is 3. The van der Waals surface area contributed by atoms with Crippen LogP contribution in [0.2, 0.25) is 0 Å². The van der Waals surface area contributed by atoms with Crippen molar-refractivity contribution in [3.63, 3.8) is 0 Å². The zero-order valence-electron chi connectivity index (χ0n) is 11.1. The monoisotopic (exact) mass is 236 g/mol. The van der Waals surface area contributed by atoms with E-state index < -0.39 is 0 Å². The molecule has 3 atom stereocenters. The molecule has 2 N–H and O–H groups in total. The number of nitrogens with two attached hydrogens (primary N) is 1. The molecule has 96 valence electrons. The second-order valence-electron chi connectivity index (χ2n) is 5.17. The summed E-state index contributed by atoms with van der Waals surface area (Å²) >= 11 is 0. The lowest BCUT2D eigenvalue weighted by Crippen LogP contribution is -2.50.